The first-order valence-electron chi connectivity index (χ1n) is 11.9. The van der Waals surface area contributed by atoms with E-state index in [1.807, 2.05) is 48.5 Å². The first-order valence-corrected chi connectivity index (χ1v) is 13.5. The molecule has 0 saturated heterocycles. The highest BCUT2D eigenvalue weighted by molar-refractivity contribution is 9.10. The smallest absolute Gasteiger partial charge is 0.162 e. The van der Waals surface area contributed by atoms with E-state index in [0.29, 0.717) is 5.84 Å². The first kappa shape index (κ1) is 23.6. The van der Waals surface area contributed by atoms with Crippen molar-refractivity contribution in [3.05, 3.63) is 141 Å². The third-order valence-electron chi connectivity index (χ3n) is 6.23. The van der Waals surface area contributed by atoms with E-state index in [1.54, 1.807) is 0 Å². The van der Waals surface area contributed by atoms with E-state index in [1.165, 1.54) is 0 Å². The number of amidine groups is 1. The van der Waals surface area contributed by atoms with E-state index in [9.17, 15) is 0 Å². The summed E-state index contributed by atoms with van der Waals surface area (Å²) in [5.41, 5.74) is 8.25. The highest BCUT2D eigenvalue weighted by Crippen LogP contribution is 2.37. The third-order valence-corrected chi connectivity index (χ3v) is 7.29. The molecule has 5 heteroatoms. The van der Waals surface area contributed by atoms with Gasteiger partial charge in [-0.3, -0.25) is 0 Å². The van der Waals surface area contributed by atoms with Crippen molar-refractivity contribution >= 4 is 54.8 Å². The van der Waals surface area contributed by atoms with Gasteiger partial charge in [0.15, 0.2) is 5.84 Å². The third kappa shape index (κ3) is 5.06. The topological polar surface area (TPSA) is 40.5 Å². The zero-order chi connectivity index (χ0) is 25.2. The average molecular weight is 607 g/mol. The molecule has 3 nitrogen and oxygen atoms in total. The Labute approximate surface area is 232 Å². The number of nitrogens with one attached hydrogen (secondary N) is 1. The molecule has 0 radical (unpaired) electrons. The number of halogens is 2. The number of nitrogens with zero attached hydrogens (tertiary/aromatic N) is 2. The van der Waals surface area contributed by atoms with Gasteiger partial charge >= 0.3 is 0 Å². The lowest BCUT2D eigenvalue weighted by Gasteiger charge is -2.05. The predicted octanol–water partition coefficient (Wildman–Crippen LogP) is 9.49. The van der Waals surface area contributed by atoms with E-state index in [0.717, 1.165) is 59.6 Å². The van der Waals surface area contributed by atoms with E-state index >= 15 is 0 Å². The lowest BCUT2D eigenvalue weighted by atomic mass is 10.0. The molecule has 2 heterocycles. The van der Waals surface area contributed by atoms with Crippen LogP contribution in [0.25, 0.3) is 28.0 Å². The normalized spacial score (nSPS) is 14.1. The van der Waals surface area contributed by atoms with Crippen LogP contribution in [0, 0.1) is 0 Å². The number of aromatic nitrogens is 1. The fourth-order valence-electron chi connectivity index (χ4n) is 4.35. The Morgan fingerprint density at radius 3 is 1.78 bits per heavy atom. The van der Waals surface area contributed by atoms with Gasteiger partial charge in [-0.2, -0.15) is 0 Å². The molecule has 6 rings (SSSR count). The number of rotatable bonds is 5. The molecule has 4 aromatic carbocycles. The summed E-state index contributed by atoms with van der Waals surface area (Å²) in [4.78, 5) is 13.7. The van der Waals surface area contributed by atoms with Gasteiger partial charge in [-0.05, 0) is 53.1 Å². The number of hydrogen-bond donors (Lipinski definition) is 1. The second kappa shape index (κ2) is 10.3. The van der Waals surface area contributed by atoms with Crippen molar-refractivity contribution < 1.29 is 0 Å². The highest BCUT2D eigenvalue weighted by Gasteiger charge is 2.21. The molecule has 1 N–H and O–H groups in total. The quantitative estimate of drug-likeness (QED) is 0.207. The van der Waals surface area contributed by atoms with Gasteiger partial charge in [-0.1, -0.05) is 117 Å². The summed E-state index contributed by atoms with van der Waals surface area (Å²) >= 11 is 7.10. The highest BCUT2D eigenvalue weighted by atomic mass is 79.9. The van der Waals surface area contributed by atoms with Gasteiger partial charge in [0.05, 0.1) is 5.71 Å². The van der Waals surface area contributed by atoms with Crippen LogP contribution in [0.4, 0.5) is 5.82 Å². The molecule has 1 aliphatic rings. The molecule has 0 aliphatic carbocycles. The fourth-order valence-corrected chi connectivity index (χ4v) is 4.88. The van der Waals surface area contributed by atoms with Crippen molar-refractivity contribution in [1.82, 2.24) is 4.98 Å². The molecule has 178 valence electrons. The number of hydrogen-bond acceptors (Lipinski definition) is 1. The molecule has 37 heavy (non-hydrogen) atoms. The summed E-state index contributed by atoms with van der Waals surface area (Å²) < 4.78 is 2.07. The van der Waals surface area contributed by atoms with Gasteiger partial charge in [0.25, 0.3) is 0 Å². The molecule has 5 aromatic rings. The van der Waals surface area contributed by atoms with Gasteiger partial charge < -0.3 is 4.98 Å². The van der Waals surface area contributed by atoms with Crippen molar-refractivity contribution in [3.63, 3.8) is 0 Å². The molecule has 0 atom stereocenters. The Balaban J connectivity index is 1.52. The number of benzene rings is 4. The van der Waals surface area contributed by atoms with Crippen LogP contribution >= 0.6 is 31.9 Å². The van der Waals surface area contributed by atoms with Crippen LogP contribution in [0.15, 0.2) is 140 Å². The maximum atomic E-state index is 5.14. The maximum absolute atomic E-state index is 5.14. The van der Waals surface area contributed by atoms with Crippen molar-refractivity contribution in [1.29, 1.82) is 0 Å². The van der Waals surface area contributed by atoms with Crippen molar-refractivity contribution in [2.45, 2.75) is 0 Å². The lowest BCUT2D eigenvalue weighted by molar-refractivity contribution is 1.33. The second-order valence-electron chi connectivity index (χ2n) is 8.68. The summed E-state index contributed by atoms with van der Waals surface area (Å²) in [5, 5.41) is 0. The molecule has 1 aliphatic heterocycles. The van der Waals surface area contributed by atoms with Crippen LogP contribution in [0.3, 0.4) is 0 Å². The van der Waals surface area contributed by atoms with E-state index < -0.39 is 0 Å². The maximum Gasteiger partial charge on any atom is 0.162 e. The van der Waals surface area contributed by atoms with Gasteiger partial charge in [0, 0.05) is 31.3 Å². The van der Waals surface area contributed by atoms with Crippen molar-refractivity contribution in [3.8, 4) is 22.4 Å². The zero-order valence-electron chi connectivity index (χ0n) is 19.7. The van der Waals surface area contributed by atoms with Crippen LogP contribution in [-0.4, -0.2) is 16.5 Å². The van der Waals surface area contributed by atoms with E-state index in [4.69, 9.17) is 9.98 Å². The van der Waals surface area contributed by atoms with Crippen LogP contribution in [0.5, 0.6) is 0 Å². The number of allylic oxidation sites excluding steroid dienone is 1. The van der Waals surface area contributed by atoms with Gasteiger partial charge in [-0.15, -0.1) is 0 Å². The Morgan fingerprint density at radius 1 is 0.595 bits per heavy atom. The van der Waals surface area contributed by atoms with Gasteiger partial charge in [0.2, 0.25) is 0 Å². The number of H-pyrrole nitrogens is 1. The predicted molar refractivity (Wildman–Crippen MR) is 162 cm³/mol. The molecule has 0 spiro atoms. The summed E-state index contributed by atoms with van der Waals surface area (Å²) in [5.74, 6) is 1.46. The van der Waals surface area contributed by atoms with Crippen LogP contribution < -0.4 is 0 Å². The molecule has 1 aromatic heterocycles. The summed E-state index contributed by atoms with van der Waals surface area (Å²) in [6.45, 7) is 0. The SMILES string of the molecule is Brc1ccc(C2=CC(c3ccccc3)=NC2=Nc2[nH]c(-c3ccccc3)cc2-c2ccc(Br)cc2)cc1. The Hall–Kier alpha value is -3.80. The van der Waals surface area contributed by atoms with Gasteiger partial charge in [0.1, 0.15) is 5.82 Å². The summed E-state index contributed by atoms with van der Waals surface area (Å²) in [6, 6.07) is 39.3. The van der Waals surface area contributed by atoms with E-state index in [-0.39, 0.29) is 0 Å². The second-order valence-corrected chi connectivity index (χ2v) is 10.5. The standard InChI is InChI=1S/C32H21Br2N3/c33-25-15-11-21(12-16-25)27-19-29(23-7-3-1-4-8-23)35-31(27)37-32-28(22-13-17-26(34)18-14-22)20-30(36-32)24-9-5-2-6-10-24/h1-20,35H. The minimum absolute atomic E-state index is 0.681. The molecule has 0 fully saturated rings. The van der Waals surface area contributed by atoms with Crippen molar-refractivity contribution in [2.24, 2.45) is 9.98 Å². The Bertz CT molecular complexity index is 1650. The molecular formula is C32H21Br2N3. The summed E-state index contributed by atoms with van der Waals surface area (Å²) in [6.07, 6.45) is 2.12. The van der Waals surface area contributed by atoms with Crippen LogP contribution in [0.1, 0.15) is 11.1 Å². The molecule has 0 unspecified atom stereocenters. The fraction of sp³-hybridized carbons (Fsp3) is 0. The average Bonchev–Trinajstić information content (AvgIpc) is 3.56. The Kier molecular flexibility index (Phi) is 6.56. The minimum atomic E-state index is 0.681. The van der Waals surface area contributed by atoms with E-state index in [2.05, 4.69) is 110 Å². The number of aliphatic imine (C=N–C) groups is 2. The Morgan fingerprint density at radius 2 is 1.16 bits per heavy atom. The monoisotopic (exact) mass is 605 g/mol. The largest absolute Gasteiger partial charge is 0.339 e. The first-order chi connectivity index (χ1) is 18.1. The molecule has 0 bridgehead atoms. The summed E-state index contributed by atoms with van der Waals surface area (Å²) in [7, 11) is 0. The van der Waals surface area contributed by atoms with Crippen LogP contribution in [0.2, 0.25) is 0 Å². The molecular weight excluding hydrogens is 586 g/mol. The number of aromatic amines is 1. The van der Waals surface area contributed by atoms with Gasteiger partial charge in [-0.25, -0.2) is 9.98 Å². The lowest BCUT2D eigenvalue weighted by Crippen LogP contribution is -1.95. The molecule has 0 amide bonds. The van der Waals surface area contributed by atoms with Crippen molar-refractivity contribution in [2.75, 3.05) is 0 Å². The van der Waals surface area contributed by atoms with Crippen LogP contribution in [-0.2, 0) is 0 Å². The molecule has 0 saturated carbocycles. The minimum Gasteiger partial charge on any atom is -0.339 e. The zero-order valence-corrected chi connectivity index (χ0v) is 22.9.